The fourth-order valence-corrected chi connectivity index (χ4v) is 3.36. The van der Waals surface area contributed by atoms with Crippen molar-refractivity contribution in [2.24, 2.45) is 10.9 Å². The van der Waals surface area contributed by atoms with Gasteiger partial charge in [-0.05, 0) is 30.9 Å². The Morgan fingerprint density at radius 3 is 3.04 bits per heavy atom. The number of fused-ring (bicyclic) bond motifs is 1. The SMILES string of the molecule is CCNC(=NCc1cc2ccccc2[nH]1)N1CCC(COCCOC)C1. The Balaban J connectivity index is 1.57. The fourth-order valence-electron chi connectivity index (χ4n) is 3.36. The molecule has 1 aliphatic heterocycles. The topological polar surface area (TPSA) is 61.9 Å². The van der Waals surface area contributed by atoms with Crippen LogP contribution in [0, 0.1) is 5.92 Å². The summed E-state index contributed by atoms with van der Waals surface area (Å²) in [6.45, 7) is 7.77. The van der Waals surface area contributed by atoms with E-state index in [-0.39, 0.29) is 0 Å². The van der Waals surface area contributed by atoms with Crippen LogP contribution in [0.2, 0.25) is 0 Å². The minimum atomic E-state index is 0.559. The maximum Gasteiger partial charge on any atom is 0.194 e. The molecule has 0 bridgehead atoms. The molecular formula is C20H30N4O2. The molecule has 2 aromatic rings. The van der Waals surface area contributed by atoms with E-state index < -0.39 is 0 Å². The van der Waals surface area contributed by atoms with Crippen LogP contribution >= 0.6 is 0 Å². The summed E-state index contributed by atoms with van der Waals surface area (Å²) in [7, 11) is 1.70. The molecule has 0 aliphatic carbocycles. The number of nitrogens with one attached hydrogen (secondary N) is 2. The summed E-state index contributed by atoms with van der Waals surface area (Å²) < 4.78 is 10.7. The number of ether oxygens (including phenoxy) is 2. The number of likely N-dealkylation sites (tertiary alicyclic amines) is 1. The van der Waals surface area contributed by atoms with Gasteiger partial charge >= 0.3 is 0 Å². The van der Waals surface area contributed by atoms with Crippen molar-refractivity contribution >= 4 is 16.9 Å². The second-order valence-corrected chi connectivity index (χ2v) is 6.72. The standard InChI is InChI=1S/C20H30N4O2/c1-3-21-20(24-9-8-16(14-24)15-26-11-10-25-2)22-13-18-12-17-6-4-5-7-19(17)23-18/h4-7,12,16,23H,3,8-11,13-15H2,1-2H3,(H,21,22). The van der Waals surface area contributed by atoms with E-state index in [1.54, 1.807) is 7.11 Å². The number of benzene rings is 1. The molecule has 1 aromatic heterocycles. The Morgan fingerprint density at radius 1 is 1.35 bits per heavy atom. The number of hydrogen-bond donors (Lipinski definition) is 2. The van der Waals surface area contributed by atoms with Gasteiger partial charge in [0.15, 0.2) is 5.96 Å². The first-order chi connectivity index (χ1) is 12.8. The van der Waals surface area contributed by atoms with E-state index in [1.165, 1.54) is 5.39 Å². The molecule has 6 nitrogen and oxygen atoms in total. The predicted octanol–water partition coefficient (Wildman–Crippen LogP) is 2.62. The van der Waals surface area contributed by atoms with Crippen LogP contribution in [0.15, 0.2) is 35.3 Å². The van der Waals surface area contributed by atoms with Gasteiger partial charge < -0.3 is 24.7 Å². The summed E-state index contributed by atoms with van der Waals surface area (Å²) in [6, 6.07) is 10.5. The number of para-hydroxylation sites is 1. The lowest BCUT2D eigenvalue weighted by atomic mass is 10.1. The van der Waals surface area contributed by atoms with Crippen molar-refractivity contribution in [3.05, 3.63) is 36.0 Å². The molecule has 6 heteroatoms. The van der Waals surface area contributed by atoms with Crippen molar-refractivity contribution in [3.8, 4) is 0 Å². The average molecular weight is 358 g/mol. The molecule has 1 aliphatic rings. The summed E-state index contributed by atoms with van der Waals surface area (Å²) in [6.07, 6.45) is 1.14. The van der Waals surface area contributed by atoms with Gasteiger partial charge in [-0.1, -0.05) is 18.2 Å². The first-order valence-electron chi connectivity index (χ1n) is 9.46. The van der Waals surface area contributed by atoms with E-state index in [0.717, 1.165) is 49.8 Å². The minimum Gasteiger partial charge on any atom is -0.382 e. The molecule has 1 saturated heterocycles. The van der Waals surface area contributed by atoms with Gasteiger partial charge in [0.25, 0.3) is 0 Å². The van der Waals surface area contributed by atoms with E-state index in [2.05, 4.69) is 52.5 Å². The first-order valence-corrected chi connectivity index (χ1v) is 9.46. The Kier molecular flexibility index (Phi) is 6.91. The van der Waals surface area contributed by atoms with Crippen LogP contribution in [-0.4, -0.2) is 62.4 Å². The third kappa shape index (κ3) is 4.99. The molecular weight excluding hydrogens is 328 g/mol. The second-order valence-electron chi connectivity index (χ2n) is 6.72. The van der Waals surface area contributed by atoms with Gasteiger partial charge in [0.05, 0.1) is 26.4 Å². The van der Waals surface area contributed by atoms with E-state index in [9.17, 15) is 0 Å². The van der Waals surface area contributed by atoms with Gasteiger partial charge in [-0.2, -0.15) is 0 Å². The number of nitrogens with zero attached hydrogens (tertiary/aromatic N) is 2. The van der Waals surface area contributed by atoms with Crippen molar-refractivity contribution in [2.75, 3.05) is 46.6 Å². The summed E-state index contributed by atoms with van der Waals surface area (Å²) >= 11 is 0. The maximum atomic E-state index is 5.69. The van der Waals surface area contributed by atoms with Crippen LogP contribution in [-0.2, 0) is 16.0 Å². The predicted molar refractivity (Wildman–Crippen MR) is 105 cm³/mol. The molecule has 1 aromatic carbocycles. The van der Waals surface area contributed by atoms with E-state index in [0.29, 0.717) is 25.7 Å². The Morgan fingerprint density at radius 2 is 2.23 bits per heavy atom. The van der Waals surface area contributed by atoms with Crippen molar-refractivity contribution in [1.82, 2.24) is 15.2 Å². The zero-order chi connectivity index (χ0) is 18.2. The molecule has 2 heterocycles. The van der Waals surface area contributed by atoms with Crippen molar-refractivity contribution in [1.29, 1.82) is 0 Å². The van der Waals surface area contributed by atoms with Gasteiger partial charge in [-0.15, -0.1) is 0 Å². The molecule has 1 atom stereocenters. The molecule has 0 saturated carbocycles. The Bertz CT molecular complexity index is 680. The van der Waals surface area contributed by atoms with E-state index in [4.69, 9.17) is 14.5 Å². The van der Waals surface area contributed by atoms with Gasteiger partial charge in [-0.25, -0.2) is 4.99 Å². The van der Waals surface area contributed by atoms with Gasteiger partial charge in [0.2, 0.25) is 0 Å². The normalized spacial score (nSPS) is 18.0. The van der Waals surface area contributed by atoms with Crippen molar-refractivity contribution < 1.29 is 9.47 Å². The Hall–Kier alpha value is -2.05. The number of aromatic nitrogens is 1. The molecule has 2 N–H and O–H groups in total. The van der Waals surface area contributed by atoms with Gasteiger partial charge in [0, 0.05) is 43.9 Å². The van der Waals surface area contributed by atoms with E-state index in [1.807, 2.05) is 0 Å². The van der Waals surface area contributed by atoms with Crippen LogP contribution < -0.4 is 5.32 Å². The Labute approximate surface area is 155 Å². The zero-order valence-corrected chi connectivity index (χ0v) is 15.8. The number of methoxy groups -OCH3 is 1. The largest absolute Gasteiger partial charge is 0.382 e. The molecule has 3 rings (SSSR count). The zero-order valence-electron chi connectivity index (χ0n) is 15.8. The molecule has 0 radical (unpaired) electrons. The highest BCUT2D eigenvalue weighted by atomic mass is 16.5. The number of aromatic amines is 1. The van der Waals surface area contributed by atoms with Crippen molar-refractivity contribution in [3.63, 3.8) is 0 Å². The molecule has 1 unspecified atom stereocenters. The fraction of sp³-hybridized carbons (Fsp3) is 0.550. The average Bonchev–Trinajstić information content (AvgIpc) is 3.29. The number of aliphatic imine (C=N–C) groups is 1. The summed E-state index contributed by atoms with van der Waals surface area (Å²) in [5.74, 6) is 1.55. The second kappa shape index (κ2) is 9.59. The summed E-state index contributed by atoms with van der Waals surface area (Å²) in [4.78, 5) is 10.6. The lowest BCUT2D eigenvalue weighted by Gasteiger charge is -2.21. The molecule has 1 fully saturated rings. The van der Waals surface area contributed by atoms with Gasteiger partial charge in [0.1, 0.15) is 0 Å². The van der Waals surface area contributed by atoms with Crippen molar-refractivity contribution in [2.45, 2.75) is 19.9 Å². The maximum absolute atomic E-state index is 5.69. The summed E-state index contributed by atoms with van der Waals surface area (Å²) in [5, 5.41) is 4.66. The van der Waals surface area contributed by atoms with E-state index >= 15 is 0 Å². The summed E-state index contributed by atoms with van der Waals surface area (Å²) in [5.41, 5.74) is 2.30. The first kappa shape index (κ1) is 18.7. The molecule has 0 amide bonds. The third-order valence-electron chi connectivity index (χ3n) is 4.69. The lowest BCUT2D eigenvalue weighted by Crippen LogP contribution is -2.40. The van der Waals surface area contributed by atoms with Crippen LogP contribution in [0.5, 0.6) is 0 Å². The highest BCUT2D eigenvalue weighted by molar-refractivity contribution is 5.81. The number of hydrogen-bond acceptors (Lipinski definition) is 3. The van der Waals surface area contributed by atoms with Crippen LogP contribution in [0.4, 0.5) is 0 Å². The van der Waals surface area contributed by atoms with Crippen LogP contribution in [0.1, 0.15) is 19.0 Å². The minimum absolute atomic E-state index is 0.559. The molecule has 26 heavy (non-hydrogen) atoms. The highest BCUT2D eigenvalue weighted by Crippen LogP contribution is 2.18. The molecule has 142 valence electrons. The smallest absolute Gasteiger partial charge is 0.194 e. The lowest BCUT2D eigenvalue weighted by molar-refractivity contribution is 0.0536. The molecule has 0 spiro atoms. The number of H-pyrrole nitrogens is 1. The third-order valence-corrected chi connectivity index (χ3v) is 4.69. The monoisotopic (exact) mass is 358 g/mol. The van der Waals surface area contributed by atoms with Crippen LogP contribution in [0.3, 0.4) is 0 Å². The van der Waals surface area contributed by atoms with Crippen LogP contribution in [0.25, 0.3) is 10.9 Å². The quantitative estimate of drug-likeness (QED) is 0.433. The number of rotatable bonds is 8. The highest BCUT2D eigenvalue weighted by Gasteiger charge is 2.24. The number of guanidine groups is 1. The van der Waals surface area contributed by atoms with Gasteiger partial charge in [-0.3, -0.25) is 0 Å².